The van der Waals surface area contributed by atoms with Crippen LogP contribution in [0.25, 0.3) is 0 Å². The van der Waals surface area contributed by atoms with Crippen molar-refractivity contribution in [2.24, 2.45) is 0 Å². The predicted octanol–water partition coefficient (Wildman–Crippen LogP) is 5.24. The molecule has 0 saturated carbocycles. The zero-order valence-corrected chi connectivity index (χ0v) is 17.7. The van der Waals surface area contributed by atoms with Gasteiger partial charge in [0, 0.05) is 11.1 Å². The minimum absolute atomic E-state index is 0.152. The lowest BCUT2D eigenvalue weighted by atomic mass is 9.99. The smallest absolute Gasteiger partial charge is 0.321 e. The summed E-state index contributed by atoms with van der Waals surface area (Å²) in [5.74, 6) is -2.86. The van der Waals surface area contributed by atoms with Gasteiger partial charge in [-0.1, -0.05) is 91.0 Å². The number of benzene rings is 3. The number of hydrogen-bond donors (Lipinski definition) is 0. The largest absolute Gasteiger partial charge is 0.352 e. The van der Waals surface area contributed by atoms with Gasteiger partial charge in [-0.2, -0.15) is 0 Å². The number of ether oxygens (including phenoxy) is 3. The van der Waals surface area contributed by atoms with E-state index in [2.05, 4.69) is 0 Å². The quantitative estimate of drug-likeness (QED) is 0.315. The topological polar surface area (TPSA) is 61.8 Å². The van der Waals surface area contributed by atoms with Crippen LogP contribution < -0.4 is 0 Å². The van der Waals surface area contributed by atoms with E-state index in [1.165, 1.54) is 0 Å². The predicted molar refractivity (Wildman–Crippen MR) is 118 cm³/mol. The Morgan fingerprint density at radius 2 is 1.16 bits per heavy atom. The Bertz CT molecular complexity index is 964. The van der Waals surface area contributed by atoms with Gasteiger partial charge >= 0.3 is 5.97 Å². The zero-order valence-electron chi connectivity index (χ0n) is 17.7. The van der Waals surface area contributed by atoms with Crippen LogP contribution in [0.5, 0.6) is 0 Å². The van der Waals surface area contributed by atoms with Gasteiger partial charge in [-0.15, -0.1) is 0 Å². The maximum absolute atomic E-state index is 13.5. The van der Waals surface area contributed by atoms with Crippen LogP contribution in [0.3, 0.4) is 0 Å². The van der Waals surface area contributed by atoms with E-state index in [9.17, 15) is 9.59 Å². The van der Waals surface area contributed by atoms with Gasteiger partial charge in [-0.25, -0.2) is 0 Å². The lowest BCUT2D eigenvalue weighted by molar-refractivity contribution is -0.350. The fourth-order valence-corrected chi connectivity index (χ4v) is 3.25. The molecule has 0 bridgehead atoms. The summed E-state index contributed by atoms with van der Waals surface area (Å²) in [4.78, 5) is 26.9. The first-order chi connectivity index (χ1) is 15.1. The van der Waals surface area contributed by atoms with Gasteiger partial charge in [-0.05, 0) is 19.4 Å². The highest BCUT2D eigenvalue weighted by atomic mass is 16.9. The van der Waals surface area contributed by atoms with Crippen LogP contribution in [-0.4, -0.2) is 30.8 Å². The summed E-state index contributed by atoms with van der Waals surface area (Å²) in [5.41, 5.74) is 1.43. The van der Waals surface area contributed by atoms with E-state index < -0.39 is 17.9 Å². The molecule has 3 aromatic rings. The summed E-state index contributed by atoms with van der Waals surface area (Å²) in [6, 6.07) is 26.5. The molecule has 0 N–H and O–H groups in total. The molecule has 3 aromatic carbocycles. The summed E-state index contributed by atoms with van der Waals surface area (Å²) in [7, 11) is 0. The van der Waals surface area contributed by atoms with Crippen molar-refractivity contribution in [1.82, 2.24) is 0 Å². The van der Waals surface area contributed by atoms with Crippen LogP contribution in [0.15, 0.2) is 91.0 Å². The minimum atomic E-state index is -2.06. The highest BCUT2D eigenvalue weighted by Crippen LogP contribution is 2.32. The van der Waals surface area contributed by atoms with Crippen molar-refractivity contribution >= 4 is 11.6 Å². The van der Waals surface area contributed by atoms with E-state index in [1.807, 2.05) is 30.3 Å². The van der Waals surface area contributed by atoms with Gasteiger partial charge in [0.05, 0.1) is 13.2 Å². The molecule has 0 aromatic heterocycles. The molecule has 0 saturated heterocycles. The van der Waals surface area contributed by atoms with Crippen molar-refractivity contribution < 1.29 is 23.8 Å². The van der Waals surface area contributed by atoms with Crippen LogP contribution in [0.1, 0.15) is 46.2 Å². The van der Waals surface area contributed by atoms with Crippen LogP contribution in [0.4, 0.5) is 0 Å². The number of Topliss-reactive ketones (excluding diaryl/α,β-unsaturated/α-hetero) is 2. The molecule has 0 fully saturated rings. The second-order valence-corrected chi connectivity index (χ2v) is 6.76. The maximum Gasteiger partial charge on any atom is 0.352 e. The molecule has 1 atom stereocenters. The molecule has 0 amide bonds. The van der Waals surface area contributed by atoms with Gasteiger partial charge in [0.15, 0.2) is 11.9 Å². The standard InChI is InChI=1S/C26H26O5/c1-3-29-26(30-4-2,25(28)22-18-12-7-13-19-22)31-24(21-16-10-6-11-17-21)23(27)20-14-8-5-9-15-20/h5-19,24H,3-4H2,1-2H3. The van der Waals surface area contributed by atoms with Crippen molar-refractivity contribution in [2.45, 2.75) is 25.9 Å². The molecule has 0 spiro atoms. The molecule has 1 unspecified atom stereocenters. The van der Waals surface area contributed by atoms with Crippen LogP contribution in [0, 0.1) is 0 Å². The third-order valence-electron chi connectivity index (χ3n) is 4.65. The summed E-state index contributed by atoms with van der Waals surface area (Å²) in [5, 5.41) is 0. The fourth-order valence-electron chi connectivity index (χ4n) is 3.25. The van der Waals surface area contributed by atoms with Crippen molar-refractivity contribution in [3.05, 3.63) is 108 Å². The average molecular weight is 418 g/mol. The third kappa shape index (κ3) is 5.33. The normalized spacial score (nSPS) is 12.3. The SMILES string of the molecule is CCOC(OCC)(OC(C(=O)c1ccccc1)c1ccccc1)C(=O)c1ccccc1. The van der Waals surface area contributed by atoms with Gasteiger partial charge < -0.3 is 14.2 Å². The van der Waals surface area contributed by atoms with Crippen molar-refractivity contribution in [3.8, 4) is 0 Å². The van der Waals surface area contributed by atoms with E-state index >= 15 is 0 Å². The monoisotopic (exact) mass is 418 g/mol. The number of hydrogen-bond acceptors (Lipinski definition) is 5. The van der Waals surface area contributed by atoms with Crippen LogP contribution in [0.2, 0.25) is 0 Å². The molecule has 0 aliphatic rings. The van der Waals surface area contributed by atoms with E-state index in [1.54, 1.807) is 74.5 Å². The molecule has 3 rings (SSSR count). The van der Waals surface area contributed by atoms with Gasteiger partial charge in [0.1, 0.15) is 0 Å². The first kappa shape index (κ1) is 22.6. The van der Waals surface area contributed by atoms with Gasteiger partial charge in [0.2, 0.25) is 0 Å². The van der Waals surface area contributed by atoms with Crippen molar-refractivity contribution in [2.75, 3.05) is 13.2 Å². The second kappa shape index (κ2) is 10.8. The highest BCUT2D eigenvalue weighted by Gasteiger charge is 2.46. The molecule has 0 aliphatic carbocycles. The summed E-state index contributed by atoms with van der Waals surface area (Å²) in [6.45, 7) is 3.79. The lowest BCUT2D eigenvalue weighted by Crippen LogP contribution is -2.49. The highest BCUT2D eigenvalue weighted by molar-refractivity contribution is 6.02. The van der Waals surface area contributed by atoms with Gasteiger partial charge in [0.25, 0.3) is 5.78 Å². The Morgan fingerprint density at radius 3 is 1.65 bits per heavy atom. The lowest BCUT2D eigenvalue weighted by Gasteiger charge is -2.34. The van der Waals surface area contributed by atoms with E-state index in [0.717, 1.165) is 0 Å². The van der Waals surface area contributed by atoms with Crippen LogP contribution >= 0.6 is 0 Å². The molecule has 31 heavy (non-hydrogen) atoms. The number of rotatable bonds is 11. The molecule has 0 heterocycles. The summed E-state index contributed by atoms with van der Waals surface area (Å²) in [6.07, 6.45) is -1.10. The van der Waals surface area contributed by atoms with E-state index in [-0.39, 0.29) is 19.0 Å². The molecule has 0 aliphatic heterocycles. The third-order valence-corrected chi connectivity index (χ3v) is 4.65. The minimum Gasteiger partial charge on any atom is -0.321 e. The van der Waals surface area contributed by atoms with E-state index in [4.69, 9.17) is 14.2 Å². The average Bonchev–Trinajstić information content (AvgIpc) is 2.83. The van der Waals surface area contributed by atoms with Crippen LogP contribution in [-0.2, 0) is 14.2 Å². The molecule has 160 valence electrons. The fraction of sp³-hybridized carbons (Fsp3) is 0.231. The van der Waals surface area contributed by atoms with Crippen molar-refractivity contribution in [3.63, 3.8) is 0 Å². The Kier molecular flexibility index (Phi) is 7.84. The Labute approximate surface area is 182 Å². The first-order valence-electron chi connectivity index (χ1n) is 10.3. The Morgan fingerprint density at radius 1 is 0.710 bits per heavy atom. The summed E-state index contributed by atoms with van der Waals surface area (Å²) < 4.78 is 17.8. The zero-order chi connectivity index (χ0) is 22.1. The van der Waals surface area contributed by atoms with Gasteiger partial charge in [-0.3, -0.25) is 9.59 Å². The molecule has 0 radical (unpaired) electrons. The second-order valence-electron chi connectivity index (χ2n) is 6.76. The molecule has 5 nitrogen and oxygen atoms in total. The summed E-state index contributed by atoms with van der Waals surface area (Å²) >= 11 is 0. The van der Waals surface area contributed by atoms with E-state index in [0.29, 0.717) is 16.7 Å². The Hall–Kier alpha value is -3.12. The molecular weight excluding hydrogens is 392 g/mol. The number of ketones is 2. The number of carbonyl (C=O) groups excluding carboxylic acids is 2. The maximum atomic E-state index is 13.5. The molecular formula is C26H26O5. The van der Waals surface area contributed by atoms with Crippen molar-refractivity contribution in [1.29, 1.82) is 0 Å². The molecule has 5 heteroatoms. The first-order valence-corrected chi connectivity index (χ1v) is 10.3. The Balaban J connectivity index is 2.07. The number of carbonyl (C=O) groups is 2.